The van der Waals surface area contributed by atoms with Crippen LogP contribution < -0.4 is 5.32 Å². The molecule has 9 heteroatoms. The number of carbonyl (C=O) groups is 3. The maximum absolute atomic E-state index is 13.4. The van der Waals surface area contributed by atoms with Crippen LogP contribution in [-0.4, -0.2) is 38.8 Å². The van der Waals surface area contributed by atoms with Gasteiger partial charge in [-0.2, -0.15) is 0 Å². The summed E-state index contributed by atoms with van der Waals surface area (Å²) < 4.78 is 5.22. The molecule has 0 atom stereocenters. The van der Waals surface area contributed by atoms with Gasteiger partial charge in [0.2, 0.25) is 0 Å². The number of aromatic nitrogens is 2. The van der Waals surface area contributed by atoms with Crippen LogP contribution in [0.1, 0.15) is 41.2 Å². The minimum absolute atomic E-state index is 0.140. The number of hydrogen-bond donors (Lipinski definition) is 1. The van der Waals surface area contributed by atoms with Crippen LogP contribution in [0.15, 0.2) is 76.4 Å². The van der Waals surface area contributed by atoms with Crippen molar-refractivity contribution < 1.29 is 19.1 Å². The summed E-state index contributed by atoms with van der Waals surface area (Å²) in [5.74, 6) is -1.30. The number of carbonyl (C=O) groups excluding carboxylic acids is 3. The van der Waals surface area contributed by atoms with E-state index in [4.69, 9.17) is 4.74 Å². The Morgan fingerprint density at radius 1 is 0.972 bits per heavy atom. The molecule has 0 aliphatic carbocycles. The summed E-state index contributed by atoms with van der Waals surface area (Å²) in [4.78, 5) is 49.2. The first-order valence-electron chi connectivity index (χ1n) is 11.4. The summed E-state index contributed by atoms with van der Waals surface area (Å²) in [5.41, 5.74) is 3.44. The summed E-state index contributed by atoms with van der Waals surface area (Å²) >= 11 is 1.06. The Kier molecular flexibility index (Phi) is 7.49. The zero-order valence-electron chi connectivity index (χ0n) is 20.4. The topological polar surface area (TPSA) is 101 Å². The molecule has 2 aromatic carbocycles. The molecule has 2 amide bonds. The number of aryl methyl sites for hydroxylation is 2. The van der Waals surface area contributed by atoms with E-state index in [1.165, 1.54) is 4.90 Å². The molecular formula is C27H26N4O4S. The number of esters is 1. The zero-order valence-corrected chi connectivity index (χ0v) is 21.3. The molecule has 1 aliphatic heterocycles. The number of benzene rings is 2. The van der Waals surface area contributed by atoms with Gasteiger partial charge in [-0.25, -0.2) is 14.8 Å². The second-order valence-electron chi connectivity index (χ2n) is 8.58. The fourth-order valence-electron chi connectivity index (χ4n) is 3.61. The third-order valence-electron chi connectivity index (χ3n) is 5.20. The molecule has 1 N–H and O–H groups in total. The van der Waals surface area contributed by atoms with E-state index in [2.05, 4.69) is 15.3 Å². The Morgan fingerprint density at radius 3 is 2.22 bits per heavy atom. The van der Waals surface area contributed by atoms with Crippen molar-refractivity contribution in [2.45, 2.75) is 45.5 Å². The van der Waals surface area contributed by atoms with Crippen molar-refractivity contribution in [3.05, 3.63) is 93.8 Å². The van der Waals surface area contributed by atoms with E-state index in [1.807, 2.05) is 50.2 Å². The summed E-state index contributed by atoms with van der Waals surface area (Å²) in [6.45, 7) is 7.40. The van der Waals surface area contributed by atoms with Crippen molar-refractivity contribution in [1.82, 2.24) is 14.9 Å². The monoisotopic (exact) mass is 502 g/mol. The summed E-state index contributed by atoms with van der Waals surface area (Å²) in [6, 6.07) is 17.7. The van der Waals surface area contributed by atoms with Gasteiger partial charge in [-0.3, -0.25) is 14.5 Å². The highest BCUT2D eigenvalue weighted by atomic mass is 32.2. The van der Waals surface area contributed by atoms with Gasteiger partial charge in [0.25, 0.3) is 11.8 Å². The number of amides is 2. The highest BCUT2D eigenvalue weighted by Crippen LogP contribution is 2.35. The number of anilines is 1. The van der Waals surface area contributed by atoms with E-state index in [1.54, 1.807) is 38.1 Å². The van der Waals surface area contributed by atoms with Gasteiger partial charge >= 0.3 is 5.97 Å². The van der Waals surface area contributed by atoms with Gasteiger partial charge in [0, 0.05) is 17.1 Å². The molecule has 0 unspecified atom stereocenters. The van der Waals surface area contributed by atoms with Crippen LogP contribution in [0.3, 0.4) is 0 Å². The largest absolute Gasteiger partial charge is 0.459 e. The maximum atomic E-state index is 13.4. The molecule has 1 aromatic heterocycles. The zero-order chi connectivity index (χ0) is 25.8. The van der Waals surface area contributed by atoms with Crippen LogP contribution in [0.5, 0.6) is 0 Å². The second-order valence-corrected chi connectivity index (χ2v) is 9.56. The lowest BCUT2D eigenvalue weighted by Gasteiger charge is -2.15. The molecular weight excluding hydrogens is 476 g/mol. The van der Waals surface area contributed by atoms with Crippen LogP contribution in [0, 0.1) is 13.8 Å². The molecule has 0 radical (unpaired) electrons. The Bertz CT molecular complexity index is 1320. The summed E-state index contributed by atoms with van der Waals surface area (Å²) in [7, 11) is 0. The third kappa shape index (κ3) is 5.80. The summed E-state index contributed by atoms with van der Waals surface area (Å²) in [5, 5.41) is 3.47. The molecule has 4 rings (SSSR count). The van der Waals surface area contributed by atoms with E-state index in [9.17, 15) is 14.4 Å². The average molecular weight is 503 g/mol. The molecule has 0 saturated carbocycles. The Morgan fingerprint density at radius 2 is 1.61 bits per heavy atom. The number of hydrogen-bond acceptors (Lipinski definition) is 8. The molecule has 1 aliphatic rings. The van der Waals surface area contributed by atoms with Gasteiger partial charge < -0.3 is 10.1 Å². The first-order chi connectivity index (χ1) is 17.2. The average Bonchev–Trinajstić information content (AvgIpc) is 3.03. The third-order valence-corrected chi connectivity index (χ3v) is 6.14. The molecule has 184 valence electrons. The van der Waals surface area contributed by atoms with Crippen molar-refractivity contribution in [1.29, 1.82) is 0 Å². The SMILES string of the molecule is Cc1cc(C)nc(SC2=C(Nc3ccc(C(=O)OC(C)C)cc3)C(=O)N(Cc3ccccc3)C2=O)n1. The maximum Gasteiger partial charge on any atom is 0.338 e. The molecule has 2 heterocycles. The van der Waals surface area contributed by atoms with Gasteiger partial charge in [-0.1, -0.05) is 30.3 Å². The molecule has 3 aromatic rings. The van der Waals surface area contributed by atoms with E-state index in [0.717, 1.165) is 28.7 Å². The Labute approximate surface area is 213 Å². The van der Waals surface area contributed by atoms with Gasteiger partial charge in [0.1, 0.15) is 10.6 Å². The van der Waals surface area contributed by atoms with Crippen LogP contribution in [0.2, 0.25) is 0 Å². The molecule has 36 heavy (non-hydrogen) atoms. The van der Waals surface area contributed by atoms with E-state index in [-0.39, 0.29) is 23.3 Å². The van der Waals surface area contributed by atoms with Crippen molar-refractivity contribution in [2.75, 3.05) is 5.32 Å². The highest BCUT2D eigenvalue weighted by molar-refractivity contribution is 8.04. The quantitative estimate of drug-likeness (QED) is 0.270. The number of nitrogens with one attached hydrogen (secondary N) is 1. The smallest absolute Gasteiger partial charge is 0.338 e. The van der Waals surface area contributed by atoms with Crippen LogP contribution in [0.4, 0.5) is 5.69 Å². The fraction of sp³-hybridized carbons (Fsp3) is 0.222. The van der Waals surface area contributed by atoms with Crippen LogP contribution >= 0.6 is 11.8 Å². The first-order valence-corrected chi connectivity index (χ1v) is 12.3. The van der Waals surface area contributed by atoms with Crippen molar-refractivity contribution in [2.24, 2.45) is 0 Å². The fourth-order valence-corrected chi connectivity index (χ4v) is 4.61. The first kappa shape index (κ1) is 25.1. The predicted octanol–water partition coefficient (Wildman–Crippen LogP) is 4.64. The number of rotatable bonds is 8. The Hall–Kier alpha value is -3.98. The van der Waals surface area contributed by atoms with Crippen molar-refractivity contribution >= 4 is 35.2 Å². The molecule has 0 spiro atoms. The standard InChI is InChI=1S/C27H26N4O4S/c1-16(2)35-26(34)20-10-12-21(13-11-20)30-22-23(36-27-28-17(3)14-18(4)29-27)25(33)31(24(22)32)15-19-8-6-5-7-9-19/h5-14,16,30H,15H2,1-4H3. The lowest BCUT2D eigenvalue weighted by Crippen LogP contribution is -2.31. The van der Waals surface area contributed by atoms with Crippen molar-refractivity contribution in [3.63, 3.8) is 0 Å². The van der Waals surface area contributed by atoms with Gasteiger partial charge in [0.15, 0.2) is 5.16 Å². The Balaban J connectivity index is 1.64. The molecule has 0 bridgehead atoms. The number of thioether (sulfide) groups is 1. The predicted molar refractivity (Wildman–Crippen MR) is 137 cm³/mol. The number of imide groups is 1. The van der Waals surface area contributed by atoms with Crippen LogP contribution in [-0.2, 0) is 20.9 Å². The minimum Gasteiger partial charge on any atom is -0.459 e. The van der Waals surface area contributed by atoms with E-state index >= 15 is 0 Å². The van der Waals surface area contributed by atoms with Gasteiger partial charge in [-0.05, 0) is 75.4 Å². The molecule has 0 saturated heterocycles. The molecule has 0 fully saturated rings. The highest BCUT2D eigenvalue weighted by Gasteiger charge is 2.39. The normalized spacial score (nSPS) is 13.5. The lowest BCUT2D eigenvalue weighted by atomic mass is 10.2. The van der Waals surface area contributed by atoms with Crippen molar-refractivity contribution in [3.8, 4) is 0 Å². The minimum atomic E-state index is -0.445. The number of ether oxygens (including phenoxy) is 1. The van der Waals surface area contributed by atoms with E-state index in [0.29, 0.717) is 16.4 Å². The second kappa shape index (κ2) is 10.7. The van der Waals surface area contributed by atoms with Crippen LogP contribution in [0.25, 0.3) is 0 Å². The van der Waals surface area contributed by atoms with Gasteiger partial charge in [0.05, 0.1) is 18.2 Å². The van der Waals surface area contributed by atoms with Gasteiger partial charge in [-0.15, -0.1) is 0 Å². The summed E-state index contributed by atoms with van der Waals surface area (Å²) in [6.07, 6.45) is -0.231. The van der Waals surface area contributed by atoms with E-state index < -0.39 is 17.8 Å². The molecule has 8 nitrogen and oxygen atoms in total. The number of nitrogens with zero attached hydrogens (tertiary/aromatic N) is 3. The lowest BCUT2D eigenvalue weighted by molar-refractivity contribution is -0.137.